The predicted octanol–water partition coefficient (Wildman–Crippen LogP) is 1.09. The van der Waals surface area contributed by atoms with Gasteiger partial charge in [-0.3, -0.25) is 14.4 Å². The van der Waals surface area contributed by atoms with Crippen LogP contribution in [0.5, 0.6) is 0 Å². The van der Waals surface area contributed by atoms with E-state index in [9.17, 15) is 14.4 Å². The van der Waals surface area contributed by atoms with Crippen LogP contribution in [-0.2, 0) is 9.59 Å². The highest BCUT2D eigenvalue weighted by molar-refractivity contribution is 6.66. The van der Waals surface area contributed by atoms with E-state index in [1.807, 2.05) is 19.0 Å². The highest BCUT2D eigenvalue weighted by Gasteiger charge is 2.20. The summed E-state index contributed by atoms with van der Waals surface area (Å²) in [5.74, 6) is -2.46. The van der Waals surface area contributed by atoms with Crippen molar-refractivity contribution in [2.45, 2.75) is 6.92 Å². The zero-order valence-electron chi connectivity index (χ0n) is 9.48. The Kier molecular flexibility index (Phi) is 3.55. The van der Waals surface area contributed by atoms with Gasteiger partial charge in [-0.1, -0.05) is 0 Å². The quantitative estimate of drug-likeness (QED) is 0.432. The van der Waals surface area contributed by atoms with E-state index in [1.165, 1.54) is 0 Å². The van der Waals surface area contributed by atoms with E-state index in [1.54, 1.807) is 24.3 Å². The molecule has 1 aromatic rings. The fraction of sp³-hybridized carbons (Fsp3) is 0.250. The van der Waals surface area contributed by atoms with Crippen LogP contribution in [0.4, 0.5) is 5.69 Å². The molecule has 84 valence electrons. The fourth-order valence-electron chi connectivity index (χ4n) is 1.20. The van der Waals surface area contributed by atoms with Crippen molar-refractivity contribution in [3.8, 4) is 0 Å². The molecule has 4 nitrogen and oxygen atoms in total. The van der Waals surface area contributed by atoms with Crippen LogP contribution < -0.4 is 4.90 Å². The lowest BCUT2D eigenvalue weighted by Crippen LogP contribution is -2.21. The van der Waals surface area contributed by atoms with Crippen molar-refractivity contribution in [2.24, 2.45) is 0 Å². The van der Waals surface area contributed by atoms with Gasteiger partial charge in [0.25, 0.3) is 5.78 Å². The van der Waals surface area contributed by atoms with Crippen LogP contribution >= 0.6 is 0 Å². The summed E-state index contributed by atoms with van der Waals surface area (Å²) in [5, 5.41) is 0. The van der Waals surface area contributed by atoms with Crippen LogP contribution in [0.3, 0.4) is 0 Å². The molecule has 1 aromatic carbocycles. The second-order valence-corrected chi connectivity index (χ2v) is 3.66. The fourth-order valence-corrected chi connectivity index (χ4v) is 1.20. The van der Waals surface area contributed by atoms with Gasteiger partial charge in [0, 0.05) is 32.3 Å². The van der Waals surface area contributed by atoms with Crippen molar-refractivity contribution < 1.29 is 14.4 Å². The van der Waals surface area contributed by atoms with Gasteiger partial charge in [0.2, 0.25) is 11.6 Å². The van der Waals surface area contributed by atoms with Gasteiger partial charge in [0.15, 0.2) is 0 Å². The van der Waals surface area contributed by atoms with Gasteiger partial charge in [-0.05, 0) is 24.3 Å². The van der Waals surface area contributed by atoms with Crippen LogP contribution in [0.15, 0.2) is 24.3 Å². The molecule has 16 heavy (non-hydrogen) atoms. The Morgan fingerprint density at radius 3 is 1.88 bits per heavy atom. The topological polar surface area (TPSA) is 54.5 Å². The minimum atomic E-state index is -0.974. The van der Waals surface area contributed by atoms with Crippen molar-refractivity contribution in [2.75, 3.05) is 19.0 Å². The van der Waals surface area contributed by atoms with Crippen molar-refractivity contribution >= 4 is 23.0 Å². The largest absolute Gasteiger partial charge is 0.378 e. The minimum Gasteiger partial charge on any atom is -0.378 e. The molecule has 0 heterocycles. The summed E-state index contributed by atoms with van der Waals surface area (Å²) in [6.45, 7) is 1.09. The molecule has 0 aliphatic carbocycles. The zero-order chi connectivity index (χ0) is 12.3. The molecule has 0 radical (unpaired) electrons. The van der Waals surface area contributed by atoms with Gasteiger partial charge in [-0.15, -0.1) is 0 Å². The molecular formula is C12H13NO3. The molecule has 0 atom stereocenters. The first-order chi connectivity index (χ1) is 7.43. The SMILES string of the molecule is CC(=O)C(=O)C(=O)c1ccc(N(C)C)cc1. The maximum absolute atomic E-state index is 11.5. The van der Waals surface area contributed by atoms with Gasteiger partial charge in [-0.25, -0.2) is 0 Å². The Labute approximate surface area is 93.9 Å². The summed E-state index contributed by atoms with van der Waals surface area (Å²) in [6.07, 6.45) is 0. The molecule has 0 fully saturated rings. The van der Waals surface area contributed by atoms with E-state index in [0.29, 0.717) is 0 Å². The van der Waals surface area contributed by atoms with Crippen LogP contribution in [0.25, 0.3) is 0 Å². The lowest BCUT2D eigenvalue weighted by Gasteiger charge is -2.11. The number of ketones is 3. The minimum absolute atomic E-state index is 0.241. The van der Waals surface area contributed by atoms with Crippen LogP contribution in [0.2, 0.25) is 0 Å². The first kappa shape index (κ1) is 12.1. The summed E-state index contributed by atoms with van der Waals surface area (Å²) in [6, 6.07) is 6.53. The number of rotatable bonds is 4. The molecule has 4 heteroatoms. The van der Waals surface area contributed by atoms with Gasteiger partial charge in [0.1, 0.15) is 0 Å². The molecule has 0 N–H and O–H groups in total. The van der Waals surface area contributed by atoms with Gasteiger partial charge >= 0.3 is 0 Å². The number of anilines is 1. The van der Waals surface area contributed by atoms with E-state index in [2.05, 4.69) is 0 Å². The van der Waals surface area contributed by atoms with E-state index in [0.717, 1.165) is 12.6 Å². The lowest BCUT2D eigenvalue weighted by atomic mass is 10.1. The summed E-state index contributed by atoms with van der Waals surface area (Å²) < 4.78 is 0. The maximum Gasteiger partial charge on any atom is 0.268 e. The molecule has 0 saturated carbocycles. The number of hydrogen-bond donors (Lipinski definition) is 0. The average Bonchev–Trinajstić information content (AvgIpc) is 2.27. The molecule has 0 spiro atoms. The summed E-state index contributed by atoms with van der Waals surface area (Å²) in [4.78, 5) is 35.3. The van der Waals surface area contributed by atoms with Crippen LogP contribution in [-0.4, -0.2) is 31.4 Å². The van der Waals surface area contributed by atoms with Crippen LogP contribution in [0.1, 0.15) is 17.3 Å². The third-order valence-corrected chi connectivity index (χ3v) is 2.17. The number of hydrogen-bond acceptors (Lipinski definition) is 4. The van der Waals surface area contributed by atoms with E-state index in [4.69, 9.17) is 0 Å². The highest BCUT2D eigenvalue weighted by Crippen LogP contribution is 2.12. The standard InChI is InChI=1S/C12H13NO3/c1-8(14)11(15)12(16)9-4-6-10(7-5-9)13(2)3/h4-7H,1-3H3. The first-order valence-electron chi connectivity index (χ1n) is 4.80. The molecule has 0 aliphatic heterocycles. The third-order valence-electron chi connectivity index (χ3n) is 2.17. The average molecular weight is 219 g/mol. The number of carbonyl (C=O) groups is 3. The molecule has 0 aliphatic rings. The molecule has 0 amide bonds. The molecule has 1 rings (SSSR count). The van der Waals surface area contributed by atoms with Crippen molar-refractivity contribution in [1.82, 2.24) is 0 Å². The lowest BCUT2D eigenvalue weighted by molar-refractivity contribution is -0.132. The molecule has 0 saturated heterocycles. The van der Waals surface area contributed by atoms with Crippen molar-refractivity contribution in [3.05, 3.63) is 29.8 Å². The Morgan fingerprint density at radius 1 is 1.00 bits per heavy atom. The molecule has 0 bridgehead atoms. The normalized spacial score (nSPS) is 9.69. The second kappa shape index (κ2) is 4.70. The zero-order valence-corrected chi connectivity index (χ0v) is 9.48. The monoisotopic (exact) mass is 219 g/mol. The smallest absolute Gasteiger partial charge is 0.268 e. The summed E-state index contributed by atoms with van der Waals surface area (Å²) in [7, 11) is 3.75. The van der Waals surface area contributed by atoms with E-state index in [-0.39, 0.29) is 5.56 Å². The van der Waals surface area contributed by atoms with Gasteiger partial charge in [-0.2, -0.15) is 0 Å². The predicted molar refractivity (Wildman–Crippen MR) is 60.8 cm³/mol. The van der Waals surface area contributed by atoms with Crippen LogP contribution in [0, 0.1) is 0 Å². The molecule has 0 aromatic heterocycles. The van der Waals surface area contributed by atoms with Gasteiger partial charge < -0.3 is 4.90 Å². The first-order valence-corrected chi connectivity index (χ1v) is 4.80. The van der Waals surface area contributed by atoms with E-state index < -0.39 is 17.3 Å². The second-order valence-electron chi connectivity index (χ2n) is 3.66. The van der Waals surface area contributed by atoms with Gasteiger partial charge in [0.05, 0.1) is 0 Å². The highest BCUT2D eigenvalue weighted by atomic mass is 16.2. The Bertz CT molecular complexity index is 432. The van der Waals surface area contributed by atoms with Crippen molar-refractivity contribution in [3.63, 3.8) is 0 Å². The number of carbonyl (C=O) groups excluding carboxylic acids is 3. The molecule has 0 unspecified atom stereocenters. The molecular weight excluding hydrogens is 206 g/mol. The number of nitrogens with zero attached hydrogens (tertiary/aromatic N) is 1. The summed E-state index contributed by atoms with van der Waals surface area (Å²) >= 11 is 0. The Morgan fingerprint density at radius 2 is 1.50 bits per heavy atom. The Hall–Kier alpha value is -1.97. The Balaban J connectivity index is 2.94. The maximum atomic E-state index is 11.5. The third kappa shape index (κ3) is 2.53. The van der Waals surface area contributed by atoms with E-state index >= 15 is 0 Å². The number of benzene rings is 1. The summed E-state index contributed by atoms with van der Waals surface area (Å²) in [5.41, 5.74) is 1.16. The van der Waals surface area contributed by atoms with Crippen molar-refractivity contribution in [1.29, 1.82) is 0 Å². The number of Topliss-reactive ketones (excluding diaryl/α,β-unsaturated/α-hetero) is 3.